The lowest BCUT2D eigenvalue weighted by Crippen LogP contribution is -2.51. The summed E-state index contributed by atoms with van der Waals surface area (Å²) in [7, 11) is 1.96. The second-order valence-corrected chi connectivity index (χ2v) is 7.13. The number of pyridine rings is 1. The van der Waals surface area contributed by atoms with Crippen LogP contribution in [-0.4, -0.2) is 80.0 Å². The number of aromatic nitrogens is 5. The molecule has 0 saturated carbocycles. The van der Waals surface area contributed by atoms with Gasteiger partial charge in [0, 0.05) is 56.9 Å². The lowest BCUT2D eigenvalue weighted by molar-refractivity contribution is -0.132. The zero-order valence-corrected chi connectivity index (χ0v) is 16.2. The van der Waals surface area contributed by atoms with Gasteiger partial charge in [0.25, 0.3) is 5.78 Å². The van der Waals surface area contributed by atoms with E-state index in [1.807, 2.05) is 48.2 Å². The quantitative estimate of drug-likeness (QED) is 0.641. The molecule has 1 saturated heterocycles. The van der Waals surface area contributed by atoms with E-state index in [2.05, 4.69) is 25.0 Å². The first-order valence-electron chi connectivity index (χ1n) is 9.38. The highest BCUT2D eigenvalue weighted by Crippen LogP contribution is 2.18. The molecule has 9 heteroatoms. The van der Waals surface area contributed by atoms with E-state index in [1.165, 1.54) is 6.33 Å². The van der Waals surface area contributed by atoms with Crippen molar-refractivity contribution in [2.75, 3.05) is 44.7 Å². The fourth-order valence-electron chi connectivity index (χ4n) is 3.51. The van der Waals surface area contributed by atoms with Gasteiger partial charge in [-0.1, -0.05) is 6.07 Å². The van der Waals surface area contributed by atoms with Crippen molar-refractivity contribution in [3.05, 3.63) is 48.2 Å². The fraction of sp³-hybridized carbons (Fsp3) is 0.421. The summed E-state index contributed by atoms with van der Waals surface area (Å²) in [5.41, 5.74) is 2.01. The number of carbonyl (C=O) groups excluding carboxylic acids is 1. The number of rotatable bonds is 5. The van der Waals surface area contributed by atoms with Crippen molar-refractivity contribution < 1.29 is 4.79 Å². The summed E-state index contributed by atoms with van der Waals surface area (Å²) >= 11 is 0. The van der Waals surface area contributed by atoms with Crippen molar-refractivity contribution in [1.82, 2.24) is 34.4 Å². The average molecular weight is 380 g/mol. The predicted octanol–water partition coefficient (Wildman–Crippen LogP) is 0.608. The molecule has 0 bridgehead atoms. The zero-order valence-electron chi connectivity index (χ0n) is 16.2. The van der Waals surface area contributed by atoms with Crippen LogP contribution in [-0.2, 0) is 11.3 Å². The van der Waals surface area contributed by atoms with Crippen LogP contribution >= 0.6 is 0 Å². The van der Waals surface area contributed by atoms with Crippen molar-refractivity contribution in [2.45, 2.75) is 13.5 Å². The number of hydrogen-bond acceptors (Lipinski definition) is 7. The molecule has 0 atom stereocenters. The third-order valence-corrected chi connectivity index (χ3v) is 4.90. The monoisotopic (exact) mass is 380 g/mol. The van der Waals surface area contributed by atoms with E-state index in [-0.39, 0.29) is 5.91 Å². The van der Waals surface area contributed by atoms with E-state index in [0.717, 1.165) is 30.2 Å². The molecule has 0 aromatic carbocycles. The Bertz CT molecular complexity index is 949. The molecular weight excluding hydrogens is 356 g/mol. The van der Waals surface area contributed by atoms with Crippen LogP contribution in [0, 0.1) is 6.92 Å². The van der Waals surface area contributed by atoms with Gasteiger partial charge in [0.15, 0.2) is 0 Å². The van der Waals surface area contributed by atoms with Gasteiger partial charge in [0.2, 0.25) is 5.91 Å². The van der Waals surface area contributed by atoms with Crippen LogP contribution in [0.5, 0.6) is 0 Å². The van der Waals surface area contributed by atoms with Crippen LogP contribution in [0.3, 0.4) is 0 Å². The molecule has 28 heavy (non-hydrogen) atoms. The minimum absolute atomic E-state index is 0.155. The molecule has 0 aliphatic carbocycles. The normalized spacial score (nSPS) is 14.8. The largest absolute Gasteiger partial charge is 0.353 e. The Hall–Kier alpha value is -3.07. The summed E-state index contributed by atoms with van der Waals surface area (Å²) in [5, 5.41) is 4.28. The van der Waals surface area contributed by atoms with E-state index >= 15 is 0 Å². The molecule has 3 aromatic heterocycles. The number of anilines is 1. The molecule has 146 valence electrons. The Labute approximate surface area is 163 Å². The van der Waals surface area contributed by atoms with Crippen molar-refractivity contribution in [1.29, 1.82) is 0 Å². The van der Waals surface area contributed by atoms with Gasteiger partial charge in [-0.15, -0.1) is 0 Å². The number of hydrogen-bond donors (Lipinski definition) is 0. The highest BCUT2D eigenvalue weighted by molar-refractivity contribution is 5.78. The molecule has 1 amide bonds. The zero-order chi connectivity index (χ0) is 19.5. The number of likely N-dealkylation sites (N-methyl/N-ethyl adjacent to an activating group) is 1. The topological polar surface area (TPSA) is 82.8 Å². The highest BCUT2D eigenvalue weighted by atomic mass is 16.2. The van der Waals surface area contributed by atoms with Gasteiger partial charge < -0.3 is 9.80 Å². The molecule has 3 aromatic rings. The number of amides is 1. The van der Waals surface area contributed by atoms with Crippen LogP contribution < -0.4 is 4.90 Å². The van der Waals surface area contributed by atoms with Crippen molar-refractivity contribution in [3.8, 4) is 0 Å². The lowest BCUT2D eigenvalue weighted by atomic mass is 10.2. The van der Waals surface area contributed by atoms with Crippen molar-refractivity contribution >= 4 is 17.5 Å². The minimum atomic E-state index is 0.155. The van der Waals surface area contributed by atoms with E-state index < -0.39 is 0 Å². The SMILES string of the molecule is Cc1cc(N2CCN(C(=O)CN(C)Cc3cccnc3)CC2)n2ncnc2n1. The molecular formula is C19H24N8O. The van der Waals surface area contributed by atoms with Crippen LogP contribution in [0.1, 0.15) is 11.3 Å². The van der Waals surface area contributed by atoms with Gasteiger partial charge >= 0.3 is 0 Å². The van der Waals surface area contributed by atoms with Crippen molar-refractivity contribution in [2.24, 2.45) is 0 Å². The predicted molar refractivity (Wildman–Crippen MR) is 105 cm³/mol. The van der Waals surface area contributed by atoms with Gasteiger partial charge in [-0.3, -0.25) is 14.7 Å². The number of aryl methyl sites for hydroxylation is 1. The average Bonchev–Trinajstić information content (AvgIpc) is 3.16. The molecule has 0 radical (unpaired) electrons. The second kappa shape index (κ2) is 7.89. The Morgan fingerprint density at radius 1 is 1.25 bits per heavy atom. The van der Waals surface area contributed by atoms with E-state index in [4.69, 9.17) is 0 Å². The number of carbonyl (C=O) groups is 1. The summed E-state index contributed by atoms with van der Waals surface area (Å²) in [4.78, 5) is 31.6. The van der Waals surface area contributed by atoms with Gasteiger partial charge in [-0.2, -0.15) is 14.6 Å². The molecule has 0 spiro atoms. The Morgan fingerprint density at radius 2 is 2.07 bits per heavy atom. The fourth-order valence-corrected chi connectivity index (χ4v) is 3.51. The van der Waals surface area contributed by atoms with E-state index in [1.54, 1.807) is 10.7 Å². The summed E-state index contributed by atoms with van der Waals surface area (Å²) in [6.45, 7) is 5.97. The maximum absolute atomic E-state index is 12.7. The minimum Gasteiger partial charge on any atom is -0.353 e. The molecule has 1 aliphatic heterocycles. The standard InChI is InChI=1S/C19H24N8O/c1-15-10-17(27-19(23-15)21-14-22-27)25-6-8-26(9-7-25)18(28)13-24(2)12-16-4-3-5-20-11-16/h3-5,10-11,14H,6-9,12-13H2,1-2H3. The molecule has 1 aliphatic rings. The van der Waals surface area contributed by atoms with Crippen molar-refractivity contribution in [3.63, 3.8) is 0 Å². The maximum Gasteiger partial charge on any atom is 0.254 e. The number of nitrogens with zero attached hydrogens (tertiary/aromatic N) is 8. The van der Waals surface area contributed by atoms with E-state index in [9.17, 15) is 4.79 Å². The van der Waals surface area contributed by atoms with Crippen LogP contribution in [0.4, 0.5) is 5.82 Å². The highest BCUT2D eigenvalue weighted by Gasteiger charge is 2.24. The Morgan fingerprint density at radius 3 is 2.82 bits per heavy atom. The first-order chi connectivity index (χ1) is 13.6. The molecule has 0 unspecified atom stereocenters. The summed E-state index contributed by atoms with van der Waals surface area (Å²) < 4.78 is 1.76. The summed E-state index contributed by atoms with van der Waals surface area (Å²) in [5.74, 6) is 1.73. The van der Waals surface area contributed by atoms with Crippen LogP contribution in [0.2, 0.25) is 0 Å². The Balaban J connectivity index is 1.34. The summed E-state index contributed by atoms with van der Waals surface area (Å²) in [6, 6.07) is 5.95. The first-order valence-corrected chi connectivity index (χ1v) is 9.38. The molecule has 9 nitrogen and oxygen atoms in total. The summed E-state index contributed by atoms with van der Waals surface area (Å²) in [6.07, 6.45) is 5.11. The van der Waals surface area contributed by atoms with Crippen LogP contribution in [0.15, 0.2) is 36.9 Å². The molecule has 0 N–H and O–H groups in total. The third kappa shape index (κ3) is 3.94. The third-order valence-electron chi connectivity index (χ3n) is 4.90. The smallest absolute Gasteiger partial charge is 0.254 e. The van der Waals surface area contributed by atoms with Crippen LogP contribution in [0.25, 0.3) is 5.78 Å². The molecule has 4 heterocycles. The lowest BCUT2D eigenvalue weighted by Gasteiger charge is -2.36. The van der Waals surface area contributed by atoms with Gasteiger partial charge in [0.1, 0.15) is 12.1 Å². The maximum atomic E-state index is 12.7. The first kappa shape index (κ1) is 18.3. The Kier molecular flexibility index (Phi) is 5.16. The van der Waals surface area contributed by atoms with Gasteiger partial charge in [-0.05, 0) is 25.6 Å². The van der Waals surface area contributed by atoms with E-state index in [0.29, 0.717) is 32.0 Å². The molecule has 4 rings (SSSR count). The molecule has 1 fully saturated rings. The number of piperazine rings is 1. The van der Waals surface area contributed by atoms with Gasteiger partial charge in [0.05, 0.1) is 6.54 Å². The number of fused-ring (bicyclic) bond motifs is 1. The second-order valence-electron chi connectivity index (χ2n) is 7.13. The van der Waals surface area contributed by atoms with Gasteiger partial charge in [-0.25, -0.2) is 4.98 Å².